The van der Waals surface area contributed by atoms with Gasteiger partial charge in [-0.05, 0) is 44.2 Å². The van der Waals surface area contributed by atoms with Crippen LogP contribution in [0.15, 0.2) is 47.4 Å². The van der Waals surface area contributed by atoms with Crippen LogP contribution in [0, 0.1) is 11.3 Å². The van der Waals surface area contributed by atoms with Crippen LogP contribution in [0.3, 0.4) is 0 Å². The summed E-state index contributed by atoms with van der Waals surface area (Å²) in [4.78, 5) is 12.5. The number of rotatable bonds is 7. The standard InChI is InChI=1S/C18H18ClN3O4S/c1-12(2)22-27(24,25)15-6-7-17(19)16(11-15)18(23)21-13-4-3-5-14(10-13)26-9-8-20/h3-7,10-12,22H,9H2,1-2H3,(H,21,23). The highest BCUT2D eigenvalue weighted by Crippen LogP contribution is 2.23. The molecule has 0 spiro atoms. The first-order valence-corrected chi connectivity index (χ1v) is 9.82. The lowest BCUT2D eigenvalue weighted by Gasteiger charge is -2.12. The van der Waals surface area contributed by atoms with Gasteiger partial charge in [0.2, 0.25) is 10.0 Å². The maximum Gasteiger partial charge on any atom is 0.257 e. The number of nitrogens with one attached hydrogen (secondary N) is 2. The van der Waals surface area contributed by atoms with Gasteiger partial charge in [0.05, 0.1) is 15.5 Å². The lowest BCUT2D eigenvalue weighted by Crippen LogP contribution is -2.30. The monoisotopic (exact) mass is 407 g/mol. The van der Waals surface area contributed by atoms with Crippen LogP contribution in [0.4, 0.5) is 5.69 Å². The molecule has 0 aliphatic carbocycles. The van der Waals surface area contributed by atoms with Crippen molar-refractivity contribution in [1.82, 2.24) is 4.72 Å². The van der Waals surface area contributed by atoms with Gasteiger partial charge in [0.15, 0.2) is 6.61 Å². The van der Waals surface area contributed by atoms with Crippen LogP contribution in [-0.2, 0) is 10.0 Å². The molecule has 0 saturated carbocycles. The van der Waals surface area contributed by atoms with Crippen LogP contribution in [0.2, 0.25) is 5.02 Å². The van der Waals surface area contributed by atoms with Crippen LogP contribution in [0.25, 0.3) is 0 Å². The highest BCUT2D eigenvalue weighted by molar-refractivity contribution is 7.89. The molecule has 0 atom stereocenters. The Morgan fingerprint density at radius 2 is 2.00 bits per heavy atom. The third kappa shape index (κ3) is 5.69. The third-order valence-electron chi connectivity index (χ3n) is 3.28. The summed E-state index contributed by atoms with van der Waals surface area (Å²) in [6, 6.07) is 11.9. The van der Waals surface area contributed by atoms with Crippen LogP contribution < -0.4 is 14.8 Å². The Morgan fingerprint density at radius 1 is 1.26 bits per heavy atom. The molecule has 1 amide bonds. The highest BCUT2D eigenvalue weighted by Gasteiger charge is 2.19. The van der Waals surface area contributed by atoms with Crippen molar-refractivity contribution in [3.63, 3.8) is 0 Å². The molecule has 0 fully saturated rings. The van der Waals surface area contributed by atoms with E-state index in [0.29, 0.717) is 11.4 Å². The molecular formula is C18H18ClN3O4S. The molecule has 9 heteroatoms. The Hall–Kier alpha value is -2.60. The second-order valence-electron chi connectivity index (χ2n) is 5.85. The van der Waals surface area contributed by atoms with Crippen molar-refractivity contribution in [2.75, 3.05) is 11.9 Å². The van der Waals surface area contributed by atoms with Crippen LogP contribution >= 0.6 is 11.6 Å². The van der Waals surface area contributed by atoms with E-state index in [1.165, 1.54) is 18.2 Å². The molecule has 0 unspecified atom stereocenters. The number of hydrogen-bond donors (Lipinski definition) is 2. The number of carbonyl (C=O) groups is 1. The van der Waals surface area contributed by atoms with Gasteiger partial charge in [-0.2, -0.15) is 5.26 Å². The van der Waals surface area contributed by atoms with E-state index in [4.69, 9.17) is 21.6 Å². The van der Waals surface area contributed by atoms with Gasteiger partial charge in [-0.25, -0.2) is 13.1 Å². The minimum atomic E-state index is -3.76. The Bertz CT molecular complexity index is 984. The number of nitrogens with zero attached hydrogens (tertiary/aromatic N) is 1. The topological polar surface area (TPSA) is 108 Å². The summed E-state index contributed by atoms with van der Waals surface area (Å²) in [5, 5.41) is 11.3. The Morgan fingerprint density at radius 3 is 2.67 bits per heavy atom. The van der Waals surface area contributed by atoms with Crippen molar-refractivity contribution < 1.29 is 17.9 Å². The average Bonchev–Trinajstić information content (AvgIpc) is 2.59. The molecule has 2 rings (SSSR count). The van der Waals surface area contributed by atoms with Gasteiger partial charge >= 0.3 is 0 Å². The molecule has 2 N–H and O–H groups in total. The van der Waals surface area contributed by atoms with Gasteiger partial charge in [-0.3, -0.25) is 4.79 Å². The van der Waals surface area contributed by atoms with Crippen molar-refractivity contribution in [3.8, 4) is 11.8 Å². The second-order valence-corrected chi connectivity index (χ2v) is 7.97. The molecule has 7 nitrogen and oxygen atoms in total. The molecule has 2 aromatic rings. The number of benzene rings is 2. The van der Waals surface area contributed by atoms with Gasteiger partial charge in [-0.15, -0.1) is 0 Å². The van der Waals surface area contributed by atoms with Crippen molar-refractivity contribution in [3.05, 3.63) is 53.1 Å². The summed E-state index contributed by atoms with van der Waals surface area (Å²) in [5.74, 6) is -0.156. The Balaban J connectivity index is 2.26. The predicted octanol–water partition coefficient (Wildman–Crippen LogP) is 3.18. The van der Waals surface area contributed by atoms with E-state index in [1.807, 2.05) is 6.07 Å². The summed E-state index contributed by atoms with van der Waals surface area (Å²) in [7, 11) is -3.76. The minimum absolute atomic E-state index is 0.0200. The lowest BCUT2D eigenvalue weighted by molar-refractivity contribution is 0.102. The molecule has 2 aromatic carbocycles. The van der Waals surface area contributed by atoms with Crippen LogP contribution in [-0.4, -0.2) is 27.0 Å². The Labute approximate surface area is 163 Å². The molecule has 142 valence electrons. The fourth-order valence-electron chi connectivity index (χ4n) is 2.20. The largest absolute Gasteiger partial charge is 0.479 e. The molecule has 0 aromatic heterocycles. The van der Waals surface area contributed by atoms with E-state index in [0.717, 1.165) is 0 Å². The quantitative estimate of drug-likeness (QED) is 0.732. The number of anilines is 1. The van der Waals surface area contributed by atoms with E-state index in [1.54, 1.807) is 38.1 Å². The molecular weight excluding hydrogens is 390 g/mol. The maximum atomic E-state index is 12.6. The first-order chi connectivity index (χ1) is 12.7. The summed E-state index contributed by atoms with van der Waals surface area (Å²) in [6.45, 7) is 3.27. The van der Waals surface area contributed by atoms with E-state index in [2.05, 4.69) is 10.0 Å². The van der Waals surface area contributed by atoms with E-state index in [9.17, 15) is 13.2 Å². The first-order valence-electron chi connectivity index (χ1n) is 7.96. The fourth-order valence-corrected chi connectivity index (χ4v) is 3.68. The van der Waals surface area contributed by atoms with Gasteiger partial charge in [0.1, 0.15) is 11.8 Å². The lowest BCUT2D eigenvalue weighted by atomic mass is 10.2. The number of nitriles is 1. The van der Waals surface area contributed by atoms with E-state index < -0.39 is 15.9 Å². The van der Waals surface area contributed by atoms with Crippen LogP contribution in [0.5, 0.6) is 5.75 Å². The molecule has 0 saturated heterocycles. The zero-order valence-corrected chi connectivity index (χ0v) is 16.3. The number of amides is 1. The summed E-state index contributed by atoms with van der Waals surface area (Å²) in [6.07, 6.45) is 0. The molecule has 0 radical (unpaired) electrons. The zero-order chi connectivity index (χ0) is 20.0. The fraction of sp³-hybridized carbons (Fsp3) is 0.222. The molecule has 0 aliphatic heterocycles. The summed E-state index contributed by atoms with van der Waals surface area (Å²) < 4.78 is 32.2. The minimum Gasteiger partial charge on any atom is -0.479 e. The summed E-state index contributed by atoms with van der Waals surface area (Å²) in [5.41, 5.74) is 0.437. The second kappa shape index (κ2) is 8.86. The third-order valence-corrected chi connectivity index (χ3v) is 5.26. The SMILES string of the molecule is CC(C)NS(=O)(=O)c1ccc(Cl)c(C(=O)Nc2cccc(OCC#N)c2)c1. The molecule has 27 heavy (non-hydrogen) atoms. The van der Waals surface area contributed by atoms with E-state index >= 15 is 0 Å². The van der Waals surface area contributed by atoms with Crippen molar-refractivity contribution in [2.24, 2.45) is 0 Å². The van der Waals surface area contributed by atoms with Crippen molar-refractivity contribution >= 4 is 33.2 Å². The van der Waals surface area contributed by atoms with Crippen LogP contribution in [0.1, 0.15) is 24.2 Å². The number of ether oxygens (including phenoxy) is 1. The molecule has 0 bridgehead atoms. The van der Waals surface area contributed by atoms with Crippen molar-refractivity contribution in [1.29, 1.82) is 5.26 Å². The Kier molecular flexibility index (Phi) is 6.80. The number of carbonyl (C=O) groups excluding carboxylic acids is 1. The van der Waals surface area contributed by atoms with Gasteiger partial charge in [0.25, 0.3) is 5.91 Å². The number of hydrogen-bond acceptors (Lipinski definition) is 5. The first kappa shape index (κ1) is 20.7. The van der Waals surface area contributed by atoms with Gasteiger partial charge in [-0.1, -0.05) is 17.7 Å². The zero-order valence-electron chi connectivity index (χ0n) is 14.7. The van der Waals surface area contributed by atoms with E-state index in [-0.39, 0.29) is 28.1 Å². The predicted molar refractivity (Wildman–Crippen MR) is 102 cm³/mol. The highest BCUT2D eigenvalue weighted by atomic mass is 35.5. The van der Waals surface area contributed by atoms with Gasteiger partial charge < -0.3 is 10.1 Å². The maximum absolute atomic E-state index is 12.6. The molecule has 0 aliphatic rings. The van der Waals surface area contributed by atoms with Gasteiger partial charge in [0, 0.05) is 17.8 Å². The smallest absolute Gasteiger partial charge is 0.257 e. The number of sulfonamides is 1. The molecule has 0 heterocycles. The summed E-state index contributed by atoms with van der Waals surface area (Å²) >= 11 is 6.08. The number of halogens is 1. The van der Waals surface area contributed by atoms with Crippen molar-refractivity contribution in [2.45, 2.75) is 24.8 Å². The average molecular weight is 408 g/mol. The normalized spacial score (nSPS) is 11.1.